The fourth-order valence-electron chi connectivity index (χ4n) is 3.50. The Hall–Kier alpha value is -3.16. The van der Waals surface area contributed by atoms with E-state index in [4.69, 9.17) is 4.42 Å². The van der Waals surface area contributed by atoms with E-state index in [1.54, 1.807) is 18.2 Å². The van der Waals surface area contributed by atoms with Crippen LogP contribution >= 0.6 is 0 Å². The molecule has 0 spiro atoms. The van der Waals surface area contributed by atoms with Crippen LogP contribution in [0.3, 0.4) is 0 Å². The van der Waals surface area contributed by atoms with E-state index in [0.717, 1.165) is 18.9 Å². The third-order valence-electron chi connectivity index (χ3n) is 5.12. The summed E-state index contributed by atoms with van der Waals surface area (Å²) in [5.74, 6) is -2.17. The van der Waals surface area contributed by atoms with Crippen molar-refractivity contribution in [2.24, 2.45) is 5.92 Å². The number of carbonyl (C=O) groups is 1. The van der Waals surface area contributed by atoms with E-state index in [1.807, 2.05) is 4.90 Å². The van der Waals surface area contributed by atoms with Gasteiger partial charge in [-0.25, -0.2) is 13.6 Å². The van der Waals surface area contributed by atoms with Crippen molar-refractivity contribution in [1.29, 1.82) is 0 Å². The van der Waals surface area contributed by atoms with Crippen LogP contribution in [0.25, 0.3) is 11.1 Å². The van der Waals surface area contributed by atoms with E-state index in [9.17, 15) is 18.4 Å². The maximum absolute atomic E-state index is 13.4. The van der Waals surface area contributed by atoms with Crippen molar-refractivity contribution in [2.75, 3.05) is 24.5 Å². The van der Waals surface area contributed by atoms with Crippen molar-refractivity contribution in [3.63, 3.8) is 0 Å². The predicted molar refractivity (Wildman–Crippen MR) is 100 cm³/mol. The van der Waals surface area contributed by atoms with Crippen molar-refractivity contribution in [2.45, 2.75) is 12.8 Å². The minimum absolute atomic E-state index is 0.228. The van der Waals surface area contributed by atoms with E-state index in [2.05, 4.69) is 10.3 Å². The summed E-state index contributed by atoms with van der Waals surface area (Å²) in [5.41, 5.74) is 1.99. The Morgan fingerprint density at radius 1 is 1.14 bits per heavy atom. The lowest BCUT2D eigenvalue weighted by molar-refractivity contribution is 0.0945. The van der Waals surface area contributed by atoms with Gasteiger partial charge in [0, 0.05) is 37.0 Å². The number of hydrogen-bond donors (Lipinski definition) is 2. The number of oxazole rings is 1. The number of carbonyl (C=O) groups excluding carboxylic acids is 1. The normalized spacial score (nSPS) is 15.1. The van der Waals surface area contributed by atoms with Crippen LogP contribution in [0, 0.1) is 17.6 Å². The van der Waals surface area contributed by atoms with Crippen molar-refractivity contribution in [1.82, 2.24) is 10.3 Å². The van der Waals surface area contributed by atoms with Gasteiger partial charge in [0.15, 0.2) is 17.2 Å². The maximum atomic E-state index is 13.4. The van der Waals surface area contributed by atoms with Crippen LogP contribution in [-0.4, -0.2) is 30.5 Å². The third kappa shape index (κ3) is 3.76. The number of hydrogen-bond acceptors (Lipinski definition) is 4. The fraction of sp³-hybridized carbons (Fsp3) is 0.300. The molecule has 1 amide bonds. The van der Waals surface area contributed by atoms with Crippen LogP contribution in [0.15, 0.2) is 45.6 Å². The topological polar surface area (TPSA) is 78.3 Å². The van der Waals surface area contributed by atoms with Crippen LogP contribution in [0.5, 0.6) is 0 Å². The molecule has 1 aromatic heterocycles. The van der Waals surface area contributed by atoms with Crippen LogP contribution in [0.2, 0.25) is 0 Å². The van der Waals surface area contributed by atoms with Gasteiger partial charge in [-0.05, 0) is 49.1 Å². The smallest absolute Gasteiger partial charge is 0.408 e. The molecule has 1 fully saturated rings. The molecule has 0 radical (unpaired) electrons. The second-order valence-corrected chi connectivity index (χ2v) is 6.96. The highest BCUT2D eigenvalue weighted by molar-refractivity contribution is 5.96. The van der Waals surface area contributed by atoms with Crippen molar-refractivity contribution < 1.29 is 18.0 Å². The lowest BCUT2D eigenvalue weighted by Crippen LogP contribution is -2.38. The molecule has 4 rings (SSSR count). The van der Waals surface area contributed by atoms with E-state index < -0.39 is 17.4 Å². The van der Waals surface area contributed by atoms with Gasteiger partial charge in [0.2, 0.25) is 0 Å². The summed E-state index contributed by atoms with van der Waals surface area (Å²) in [6, 6.07) is 8.74. The van der Waals surface area contributed by atoms with E-state index in [-0.39, 0.29) is 5.91 Å². The highest BCUT2D eigenvalue weighted by atomic mass is 19.2. The molecule has 8 heteroatoms. The van der Waals surface area contributed by atoms with Gasteiger partial charge in [-0.2, -0.15) is 0 Å². The molecule has 2 aromatic carbocycles. The molecule has 1 aliphatic rings. The Bertz CT molecular complexity index is 1070. The molecule has 0 bridgehead atoms. The summed E-state index contributed by atoms with van der Waals surface area (Å²) in [5, 5.41) is 2.91. The van der Waals surface area contributed by atoms with Gasteiger partial charge in [-0.3, -0.25) is 9.78 Å². The third-order valence-corrected chi connectivity index (χ3v) is 5.12. The molecular weight excluding hydrogens is 368 g/mol. The first-order chi connectivity index (χ1) is 13.5. The number of halogens is 2. The average molecular weight is 387 g/mol. The second-order valence-electron chi connectivity index (χ2n) is 6.96. The molecule has 0 atom stereocenters. The molecule has 2 N–H and O–H groups in total. The highest BCUT2D eigenvalue weighted by Gasteiger charge is 2.21. The molecule has 3 aromatic rings. The first-order valence-electron chi connectivity index (χ1n) is 9.10. The molecule has 6 nitrogen and oxygen atoms in total. The SMILES string of the molecule is O=C(NCC1CCN(c2ccc(F)c(F)c2)CC1)c1ccc2[nH]c(=O)oc2c1. The van der Waals surface area contributed by atoms with Gasteiger partial charge in [0.1, 0.15) is 0 Å². The molecule has 1 aliphatic heterocycles. The summed E-state index contributed by atoms with van der Waals surface area (Å²) in [7, 11) is 0. The second kappa shape index (κ2) is 7.46. The first kappa shape index (κ1) is 18.2. The minimum atomic E-state index is -0.849. The maximum Gasteiger partial charge on any atom is 0.417 e. The lowest BCUT2D eigenvalue weighted by Gasteiger charge is -2.33. The molecule has 28 heavy (non-hydrogen) atoms. The van der Waals surface area contributed by atoms with Crippen molar-refractivity contribution in [3.8, 4) is 0 Å². The van der Waals surface area contributed by atoms with E-state index >= 15 is 0 Å². The standard InChI is InChI=1S/C20H19F2N3O3/c21-15-3-2-14(10-16(15)22)25-7-5-12(6-8-25)11-23-19(26)13-1-4-17-18(9-13)28-20(27)24-17/h1-4,9-10,12H,5-8,11H2,(H,23,26)(H,24,27). The van der Waals surface area contributed by atoms with Crippen molar-refractivity contribution in [3.05, 3.63) is 64.1 Å². The zero-order valence-corrected chi connectivity index (χ0v) is 15.0. The van der Waals surface area contributed by atoms with Crippen LogP contribution < -0.4 is 16.0 Å². The summed E-state index contributed by atoms with van der Waals surface area (Å²) in [6.45, 7) is 1.96. The van der Waals surface area contributed by atoms with Crippen LogP contribution in [0.4, 0.5) is 14.5 Å². The Morgan fingerprint density at radius 3 is 2.68 bits per heavy atom. The number of rotatable bonds is 4. The van der Waals surface area contributed by atoms with Crippen molar-refractivity contribution >= 4 is 22.7 Å². The summed E-state index contributed by atoms with van der Waals surface area (Å²) in [6.07, 6.45) is 1.68. The number of nitrogens with one attached hydrogen (secondary N) is 2. The molecule has 0 saturated carbocycles. The summed E-state index contributed by atoms with van der Waals surface area (Å²) in [4.78, 5) is 28.1. The van der Waals surface area contributed by atoms with Gasteiger partial charge < -0.3 is 14.6 Å². The number of benzene rings is 2. The summed E-state index contributed by atoms with van der Waals surface area (Å²) >= 11 is 0. The number of anilines is 1. The number of aromatic nitrogens is 1. The number of fused-ring (bicyclic) bond motifs is 1. The molecule has 0 unspecified atom stereocenters. The Labute approximate surface area is 159 Å². The number of piperidine rings is 1. The van der Waals surface area contributed by atoms with Crippen LogP contribution in [0.1, 0.15) is 23.2 Å². The quantitative estimate of drug-likeness (QED) is 0.721. The van der Waals surface area contributed by atoms with Gasteiger partial charge in [0.05, 0.1) is 5.52 Å². The molecule has 146 valence electrons. The van der Waals surface area contributed by atoms with Gasteiger partial charge in [-0.15, -0.1) is 0 Å². The van der Waals surface area contributed by atoms with E-state index in [0.29, 0.717) is 47.9 Å². The fourth-order valence-corrected chi connectivity index (χ4v) is 3.50. The lowest BCUT2D eigenvalue weighted by atomic mass is 9.96. The van der Waals surface area contributed by atoms with Gasteiger partial charge >= 0.3 is 5.76 Å². The number of nitrogens with zero attached hydrogens (tertiary/aromatic N) is 1. The number of aromatic amines is 1. The molecular formula is C20H19F2N3O3. The number of H-pyrrole nitrogens is 1. The minimum Gasteiger partial charge on any atom is -0.408 e. The largest absolute Gasteiger partial charge is 0.417 e. The molecule has 0 aliphatic carbocycles. The highest BCUT2D eigenvalue weighted by Crippen LogP contribution is 2.24. The Morgan fingerprint density at radius 2 is 1.93 bits per heavy atom. The average Bonchev–Trinajstić information content (AvgIpc) is 3.08. The monoisotopic (exact) mass is 387 g/mol. The molecule has 1 saturated heterocycles. The predicted octanol–water partition coefficient (Wildman–Crippen LogP) is 3.05. The first-order valence-corrected chi connectivity index (χ1v) is 9.10. The van der Waals surface area contributed by atoms with Gasteiger partial charge in [0.25, 0.3) is 5.91 Å². The molecule has 2 heterocycles. The van der Waals surface area contributed by atoms with Gasteiger partial charge in [-0.1, -0.05) is 0 Å². The summed E-state index contributed by atoms with van der Waals surface area (Å²) < 4.78 is 31.5. The van der Waals surface area contributed by atoms with E-state index in [1.165, 1.54) is 12.1 Å². The number of amides is 1. The Balaban J connectivity index is 1.31. The van der Waals surface area contributed by atoms with Crippen LogP contribution in [-0.2, 0) is 0 Å². The zero-order valence-electron chi connectivity index (χ0n) is 15.0. The Kier molecular flexibility index (Phi) is 4.85. The zero-order chi connectivity index (χ0) is 19.7.